The Balaban J connectivity index is 1.35. The van der Waals surface area contributed by atoms with Crippen molar-refractivity contribution in [3.8, 4) is 0 Å². The monoisotopic (exact) mass is 401 g/mol. The molecule has 0 radical (unpaired) electrons. The summed E-state index contributed by atoms with van der Waals surface area (Å²) in [5.41, 5.74) is 1.90. The molecule has 142 valence electrons. The zero-order chi connectivity index (χ0) is 18.8. The van der Waals surface area contributed by atoms with E-state index in [1.807, 2.05) is 30.3 Å². The highest BCUT2D eigenvalue weighted by Crippen LogP contribution is 2.30. The van der Waals surface area contributed by atoms with E-state index in [0.29, 0.717) is 17.6 Å². The van der Waals surface area contributed by atoms with Gasteiger partial charge in [0.25, 0.3) is 0 Å². The first kappa shape index (κ1) is 18.8. The number of halogens is 1. The molecule has 1 aliphatic heterocycles. The van der Waals surface area contributed by atoms with E-state index in [1.165, 1.54) is 9.71 Å². The Morgan fingerprint density at radius 3 is 2.52 bits per heavy atom. The number of aromatic nitrogens is 1. The van der Waals surface area contributed by atoms with Crippen molar-refractivity contribution in [1.82, 2.24) is 14.8 Å². The van der Waals surface area contributed by atoms with Crippen molar-refractivity contribution in [2.24, 2.45) is 0 Å². The van der Waals surface area contributed by atoms with Gasteiger partial charge in [0.2, 0.25) is 0 Å². The van der Waals surface area contributed by atoms with Crippen LogP contribution in [0.1, 0.15) is 29.6 Å². The third-order valence-corrected chi connectivity index (χ3v) is 6.87. The fourth-order valence-corrected chi connectivity index (χ4v) is 4.96. The van der Waals surface area contributed by atoms with Crippen LogP contribution in [0, 0.1) is 0 Å². The van der Waals surface area contributed by atoms with Crippen LogP contribution in [0.4, 0.5) is 0 Å². The lowest BCUT2D eigenvalue weighted by molar-refractivity contribution is 0.0589. The second-order valence-corrected chi connectivity index (χ2v) is 8.54. The molecule has 2 heterocycles. The lowest BCUT2D eigenvalue weighted by Crippen LogP contribution is -2.48. The number of para-hydroxylation sites is 1. The summed E-state index contributed by atoms with van der Waals surface area (Å²) in [5, 5.41) is 12.4. The predicted molar refractivity (Wildman–Crippen MR) is 112 cm³/mol. The molecule has 2 atom stereocenters. The smallest absolute Gasteiger partial charge is 0.111 e. The van der Waals surface area contributed by atoms with Crippen molar-refractivity contribution in [2.45, 2.75) is 19.1 Å². The van der Waals surface area contributed by atoms with Crippen molar-refractivity contribution >= 4 is 33.2 Å². The Bertz CT molecular complexity index is 874. The molecule has 0 amide bonds. The van der Waals surface area contributed by atoms with Gasteiger partial charge >= 0.3 is 0 Å². The molecule has 0 saturated carbocycles. The third kappa shape index (κ3) is 4.18. The largest absolute Gasteiger partial charge is 0.387 e. The summed E-state index contributed by atoms with van der Waals surface area (Å²) >= 11 is 8.00. The maximum absolute atomic E-state index is 10.5. The highest BCUT2D eigenvalue weighted by Gasteiger charge is 2.25. The maximum Gasteiger partial charge on any atom is 0.111 e. The predicted octanol–water partition coefficient (Wildman–Crippen LogP) is 4.36. The van der Waals surface area contributed by atoms with Gasteiger partial charge in [0.15, 0.2) is 0 Å². The normalized spacial score (nSPS) is 18.6. The Labute approximate surface area is 169 Å². The number of hydrogen-bond donors (Lipinski definition) is 1. The molecule has 1 aliphatic rings. The molecule has 1 fully saturated rings. The number of benzene rings is 2. The minimum atomic E-state index is -0.549. The van der Waals surface area contributed by atoms with Gasteiger partial charge in [-0.05, 0) is 25.1 Å². The van der Waals surface area contributed by atoms with Crippen LogP contribution in [0.3, 0.4) is 0 Å². The average Bonchev–Trinajstić information content (AvgIpc) is 3.12. The van der Waals surface area contributed by atoms with Crippen molar-refractivity contribution in [3.63, 3.8) is 0 Å². The topological polar surface area (TPSA) is 39.6 Å². The second kappa shape index (κ2) is 8.25. The van der Waals surface area contributed by atoms with E-state index in [4.69, 9.17) is 16.6 Å². The van der Waals surface area contributed by atoms with Gasteiger partial charge in [0.1, 0.15) is 5.01 Å². The Morgan fingerprint density at radius 1 is 1.07 bits per heavy atom. The van der Waals surface area contributed by atoms with E-state index in [9.17, 15) is 5.11 Å². The van der Waals surface area contributed by atoms with Crippen LogP contribution in [0.15, 0.2) is 48.5 Å². The summed E-state index contributed by atoms with van der Waals surface area (Å²) in [6.07, 6.45) is -0.549. The Hall–Kier alpha value is -1.50. The number of aliphatic hydroxyl groups is 1. The number of nitrogens with zero attached hydrogens (tertiary/aromatic N) is 3. The van der Waals surface area contributed by atoms with Crippen molar-refractivity contribution < 1.29 is 5.11 Å². The van der Waals surface area contributed by atoms with Gasteiger partial charge in [0.05, 0.1) is 22.4 Å². The number of piperazine rings is 1. The van der Waals surface area contributed by atoms with Crippen LogP contribution < -0.4 is 0 Å². The first-order valence-electron chi connectivity index (χ1n) is 9.36. The molecule has 4 rings (SSSR count). The first-order chi connectivity index (χ1) is 13.1. The summed E-state index contributed by atoms with van der Waals surface area (Å²) in [6.45, 7) is 6.70. The van der Waals surface area contributed by atoms with Crippen LogP contribution in [0.25, 0.3) is 10.2 Å². The molecule has 0 bridgehead atoms. The van der Waals surface area contributed by atoms with Crippen LogP contribution >= 0.6 is 22.9 Å². The van der Waals surface area contributed by atoms with Crippen molar-refractivity contribution in [2.75, 3.05) is 32.7 Å². The molecule has 2 aromatic carbocycles. The van der Waals surface area contributed by atoms with Gasteiger partial charge in [-0.2, -0.15) is 0 Å². The molecule has 0 aliphatic carbocycles. The fourth-order valence-electron chi connectivity index (χ4n) is 3.65. The zero-order valence-electron chi connectivity index (χ0n) is 15.4. The van der Waals surface area contributed by atoms with Crippen LogP contribution in [0.2, 0.25) is 5.02 Å². The van der Waals surface area contributed by atoms with Crippen LogP contribution in [0.5, 0.6) is 0 Å². The molecule has 1 saturated heterocycles. The number of rotatable bonds is 5. The quantitative estimate of drug-likeness (QED) is 0.689. The average molecular weight is 402 g/mol. The summed E-state index contributed by atoms with van der Waals surface area (Å²) in [7, 11) is 0. The summed E-state index contributed by atoms with van der Waals surface area (Å²) in [4.78, 5) is 9.61. The number of fused-ring (bicyclic) bond motifs is 1. The molecular formula is C21H24ClN3OS. The van der Waals surface area contributed by atoms with Crippen molar-refractivity contribution in [1.29, 1.82) is 0 Å². The highest BCUT2D eigenvalue weighted by atomic mass is 35.5. The van der Waals surface area contributed by atoms with Gasteiger partial charge in [-0.25, -0.2) is 4.98 Å². The molecule has 2 unspecified atom stereocenters. The van der Waals surface area contributed by atoms with Gasteiger partial charge in [-0.3, -0.25) is 9.80 Å². The molecular weight excluding hydrogens is 378 g/mol. The molecule has 1 aromatic heterocycles. The van der Waals surface area contributed by atoms with Gasteiger partial charge < -0.3 is 5.11 Å². The summed E-state index contributed by atoms with van der Waals surface area (Å²) in [5.74, 6) is 0. The fraction of sp³-hybridized carbons (Fsp3) is 0.381. The number of aliphatic hydroxyl groups excluding tert-OH is 1. The minimum Gasteiger partial charge on any atom is -0.387 e. The lowest BCUT2D eigenvalue weighted by Gasteiger charge is -2.38. The highest BCUT2D eigenvalue weighted by molar-refractivity contribution is 7.18. The number of β-amino-alcohol motifs (C(OH)–C–C–N with tert-alkyl or cyclic N) is 1. The van der Waals surface area contributed by atoms with E-state index in [2.05, 4.69) is 34.9 Å². The second-order valence-electron chi connectivity index (χ2n) is 7.07. The molecule has 3 aromatic rings. The molecule has 4 nitrogen and oxygen atoms in total. The standard InChI is InChI=1S/C21H24ClN3OS/c1-15(21-23-18-8-4-5-9-20(18)27-21)25-12-10-24(11-13-25)14-19(26)16-6-2-3-7-17(16)22/h2-9,15,19,26H,10-14H2,1H3. The van der Waals surface area contributed by atoms with E-state index < -0.39 is 6.10 Å². The van der Waals surface area contributed by atoms with E-state index in [-0.39, 0.29) is 0 Å². The van der Waals surface area contributed by atoms with Crippen molar-refractivity contribution in [3.05, 3.63) is 64.1 Å². The number of hydrogen-bond acceptors (Lipinski definition) is 5. The minimum absolute atomic E-state index is 0.318. The van der Waals surface area contributed by atoms with Crippen LogP contribution in [-0.2, 0) is 0 Å². The summed E-state index contributed by atoms with van der Waals surface area (Å²) < 4.78 is 1.25. The molecule has 27 heavy (non-hydrogen) atoms. The maximum atomic E-state index is 10.5. The van der Waals surface area contributed by atoms with Gasteiger partial charge in [0, 0.05) is 43.3 Å². The van der Waals surface area contributed by atoms with E-state index >= 15 is 0 Å². The lowest BCUT2D eigenvalue weighted by atomic mass is 10.1. The van der Waals surface area contributed by atoms with E-state index in [1.54, 1.807) is 11.3 Å². The number of thiazole rings is 1. The van der Waals surface area contributed by atoms with Gasteiger partial charge in [-0.15, -0.1) is 11.3 Å². The zero-order valence-corrected chi connectivity index (χ0v) is 17.0. The Morgan fingerprint density at radius 2 is 1.78 bits per heavy atom. The SMILES string of the molecule is CC(c1nc2ccccc2s1)N1CCN(CC(O)c2ccccc2Cl)CC1. The third-order valence-electron chi connectivity index (χ3n) is 5.32. The molecule has 6 heteroatoms. The van der Waals surface area contributed by atoms with Gasteiger partial charge in [-0.1, -0.05) is 41.9 Å². The van der Waals surface area contributed by atoms with E-state index in [0.717, 1.165) is 37.3 Å². The Kier molecular flexibility index (Phi) is 5.76. The van der Waals surface area contributed by atoms with Crippen LogP contribution in [-0.4, -0.2) is 52.6 Å². The summed E-state index contributed by atoms with van der Waals surface area (Å²) in [6, 6.07) is 16.2. The first-order valence-corrected chi connectivity index (χ1v) is 10.6. The molecule has 1 N–H and O–H groups in total. The molecule has 0 spiro atoms.